The van der Waals surface area contributed by atoms with E-state index in [-0.39, 0.29) is 31.1 Å². The van der Waals surface area contributed by atoms with Gasteiger partial charge in [0, 0.05) is 19.3 Å². The first-order chi connectivity index (χ1) is 35.0. The average Bonchev–Trinajstić information content (AvgIpc) is 3.37. The van der Waals surface area contributed by atoms with E-state index in [1.54, 1.807) is 0 Å². The lowest BCUT2D eigenvalue weighted by Gasteiger charge is -2.18. The van der Waals surface area contributed by atoms with Crippen LogP contribution in [0.25, 0.3) is 0 Å². The molecule has 0 aliphatic carbocycles. The SMILES string of the molecule is CCCCCCCC/C=C\CCCCCCCCCCCC(=O)OC[C@@H](COC(=O)CCCCCCCCCCCCCCCCCC)OC(=O)CCCCCCCCCCCCCCCCCCCC. The van der Waals surface area contributed by atoms with Crippen molar-refractivity contribution >= 4 is 17.9 Å². The molecule has 0 bridgehead atoms. The van der Waals surface area contributed by atoms with Gasteiger partial charge in [0.05, 0.1) is 0 Å². The summed E-state index contributed by atoms with van der Waals surface area (Å²) in [4.78, 5) is 38.3. The second-order valence-corrected chi connectivity index (χ2v) is 22.0. The fraction of sp³-hybridized carbons (Fsp3) is 0.923. The van der Waals surface area contributed by atoms with Crippen molar-refractivity contribution in [1.29, 1.82) is 0 Å². The largest absolute Gasteiger partial charge is 0.462 e. The number of hydrogen-bond donors (Lipinski definition) is 0. The van der Waals surface area contributed by atoms with Crippen molar-refractivity contribution in [2.45, 2.75) is 374 Å². The van der Waals surface area contributed by atoms with Gasteiger partial charge < -0.3 is 14.2 Å². The van der Waals surface area contributed by atoms with E-state index in [0.717, 1.165) is 57.8 Å². The Morgan fingerprint density at radius 3 is 0.704 bits per heavy atom. The molecule has 0 radical (unpaired) electrons. The molecule has 0 saturated heterocycles. The van der Waals surface area contributed by atoms with Gasteiger partial charge in [-0.15, -0.1) is 0 Å². The Morgan fingerprint density at radius 1 is 0.268 bits per heavy atom. The summed E-state index contributed by atoms with van der Waals surface area (Å²) in [5, 5.41) is 0. The van der Waals surface area contributed by atoms with Crippen LogP contribution in [0.1, 0.15) is 367 Å². The molecule has 6 nitrogen and oxygen atoms in total. The molecule has 0 aliphatic rings. The Kier molecular flexibility index (Phi) is 59.1. The van der Waals surface area contributed by atoms with Gasteiger partial charge in [-0.05, 0) is 44.9 Å². The van der Waals surface area contributed by atoms with Crippen LogP contribution in [0.3, 0.4) is 0 Å². The highest BCUT2D eigenvalue weighted by molar-refractivity contribution is 5.71. The molecule has 0 amide bonds. The van der Waals surface area contributed by atoms with Gasteiger partial charge in [-0.1, -0.05) is 315 Å². The van der Waals surface area contributed by atoms with Gasteiger partial charge in [0.15, 0.2) is 6.10 Å². The molecule has 0 spiro atoms. The summed E-state index contributed by atoms with van der Waals surface area (Å²) in [7, 11) is 0. The minimum Gasteiger partial charge on any atom is -0.462 e. The zero-order valence-electron chi connectivity index (χ0n) is 48.3. The molecule has 0 saturated carbocycles. The molecule has 0 aromatic carbocycles. The van der Waals surface area contributed by atoms with Crippen LogP contribution >= 0.6 is 0 Å². The predicted octanol–water partition coefficient (Wildman–Crippen LogP) is 21.7. The Morgan fingerprint density at radius 2 is 0.465 bits per heavy atom. The van der Waals surface area contributed by atoms with Crippen molar-refractivity contribution in [1.82, 2.24) is 0 Å². The van der Waals surface area contributed by atoms with E-state index >= 15 is 0 Å². The highest BCUT2D eigenvalue weighted by Crippen LogP contribution is 2.18. The van der Waals surface area contributed by atoms with E-state index in [9.17, 15) is 14.4 Å². The summed E-state index contributed by atoms with van der Waals surface area (Å²) < 4.78 is 17.0. The van der Waals surface area contributed by atoms with Crippen LogP contribution in [0.2, 0.25) is 0 Å². The molecule has 6 heteroatoms. The first kappa shape index (κ1) is 69.2. The maximum Gasteiger partial charge on any atom is 0.306 e. The first-order valence-electron chi connectivity index (χ1n) is 32.2. The standard InChI is InChI=1S/C65H124O6/c1-4-7-10-13-16-19-22-25-28-31-33-35-37-40-43-46-49-52-55-58-64(67)70-61-62(60-69-63(66)57-54-51-48-45-42-39-36-30-27-24-21-18-15-12-9-6-3)71-65(68)59-56-53-50-47-44-41-38-34-32-29-26-23-20-17-14-11-8-5-2/h25,28,62H,4-24,26-27,29-61H2,1-3H3/b28-25-/t62-/m1/s1. The molecule has 0 fully saturated rings. The highest BCUT2D eigenvalue weighted by atomic mass is 16.6. The fourth-order valence-electron chi connectivity index (χ4n) is 9.91. The van der Waals surface area contributed by atoms with Crippen molar-refractivity contribution in [3.63, 3.8) is 0 Å². The minimum absolute atomic E-state index is 0.0637. The fourth-order valence-corrected chi connectivity index (χ4v) is 9.91. The number of rotatable bonds is 60. The summed E-state index contributed by atoms with van der Waals surface area (Å²) in [6.45, 7) is 6.72. The molecule has 0 heterocycles. The lowest BCUT2D eigenvalue weighted by Crippen LogP contribution is -2.30. The molecule has 0 aliphatic heterocycles. The number of hydrogen-bond acceptors (Lipinski definition) is 6. The van der Waals surface area contributed by atoms with Crippen LogP contribution in [0.5, 0.6) is 0 Å². The zero-order chi connectivity index (χ0) is 51.4. The third kappa shape index (κ3) is 58.9. The third-order valence-electron chi connectivity index (χ3n) is 14.8. The maximum atomic E-state index is 12.9. The number of allylic oxidation sites excluding steroid dienone is 2. The molecule has 0 N–H and O–H groups in total. The Bertz CT molecular complexity index is 1100. The van der Waals surface area contributed by atoms with Gasteiger partial charge in [-0.2, -0.15) is 0 Å². The van der Waals surface area contributed by atoms with Gasteiger partial charge in [0.25, 0.3) is 0 Å². The van der Waals surface area contributed by atoms with Gasteiger partial charge in [0.1, 0.15) is 13.2 Å². The molecule has 0 unspecified atom stereocenters. The van der Waals surface area contributed by atoms with Crippen LogP contribution in [0, 0.1) is 0 Å². The smallest absolute Gasteiger partial charge is 0.306 e. The van der Waals surface area contributed by atoms with Gasteiger partial charge in [-0.25, -0.2) is 0 Å². The Balaban J connectivity index is 4.30. The maximum absolute atomic E-state index is 12.9. The van der Waals surface area contributed by atoms with E-state index in [1.165, 1.54) is 270 Å². The van der Waals surface area contributed by atoms with E-state index in [2.05, 4.69) is 32.9 Å². The molecular weight excluding hydrogens is 877 g/mol. The molecule has 0 rings (SSSR count). The van der Waals surface area contributed by atoms with Crippen molar-refractivity contribution in [3.8, 4) is 0 Å². The number of carbonyl (C=O) groups is 3. The van der Waals surface area contributed by atoms with Crippen LogP contribution < -0.4 is 0 Å². The number of unbranched alkanes of at least 4 members (excludes halogenated alkanes) is 47. The van der Waals surface area contributed by atoms with E-state index in [4.69, 9.17) is 14.2 Å². The second-order valence-electron chi connectivity index (χ2n) is 22.0. The Hall–Kier alpha value is -1.85. The van der Waals surface area contributed by atoms with Gasteiger partial charge in [-0.3, -0.25) is 14.4 Å². The molecule has 0 aromatic rings. The number of carbonyl (C=O) groups excluding carboxylic acids is 3. The second kappa shape index (κ2) is 60.7. The normalized spacial score (nSPS) is 12.0. The summed E-state index contributed by atoms with van der Waals surface area (Å²) in [6, 6.07) is 0. The van der Waals surface area contributed by atoms with Crippen LogP contribution in [0.15, 0.2) is 12.2 Å². The van der Waals surface area contributed by atoms with E-state index < -0.39 is 6.10 Å². The molecule has 1 atom stereocenters. The lowest BCUT2D eigenvalue weighted by molar-refractivity contribution is -0.167. The van der Waals surface area contributed by atoms with Gasteiger partial charge in [0.2, 0.25) is 0 Å². The molecular formula is C65H124O6. The van der Waals surface area contributed by atoms with Gasteiger partial charge >= 0.3 is 17.9 Å². The average molecular weight is 1000 g/mol. The highest BCUT2D eigenvalue weighted by Gasteiger charge is 2.19. The van der Waals surface area contributed by atoms with Crippen molar-refractivity contribution in [2.24, 2.45) is 0 Å². The number of ether oxygens (including phenoxy) is 3. The zero-order valence-corrected chi connectivity index (χ0v) is 48.3. The monoisotopic (exact) mass is 1000 g/mol. The Labute approximate surface area is 443 Å². The summed E-state index contributed by atoms with van der Waals surface area (Å²) >= 11 is 0. The molecule has 420 valence electrons. The minimum atomic E-state index is -0.766. The first-order valence-corrected chi connectivity index (χ1v) is 32.2. The lowest BCUT2D eigenvalue weighted by atomic mass is 10.0. The predicted molar refractivity (Wildman–Crippen MR) is 307 cm³/mol. The van der Waals surface area contributed by atoms with Crippen LogP contribution in [-0.4, -0.2) is 37.2 Å². The third-order valence-corrected chi connectivity index (χ3v) is 14.8. The summed E-state index contributed by atoms with van der Waals surface area (Å²) in [5.41, 5.74) is 0. The van der Waals surface area contributed by atoms with E-state index in [1.807, 2.05) is 0 Å². The van der Waals surface area contributed by atoms with Crippen molar-refractivity contribution in [2.75, 3.05) is 13.2 Å². The van der Waals surface area contributed by atoms with Crippen LogP contribution in [-0.2, 0) is 28.6 Å². The van der Waals surface area contributed by atoms with Crippen LogP contribution in [0.4, 0.5) is 0 Å². The van der Waals surface area contributed by atoms with Crippen molar-refractivity contribution < 1.29 is 28.6 Å². The number of esters is 3. The quantitative estimate of drug-likeness (QED) is 0.0261. The molecule has 0 aromatic heterocycles. The summed E-state index contributed by atoms with van der Waals surface area (Å²) in [6.07, 6.45) is 70.7. The topological polar surface area (TPSA) is 78.9 Å². The molecule has 71 heavy (non-hydrogen) atoms. The van der Waals surface area contributed by atoms with Crippen molar-refractivity contribution in [3.05, 3.63) is 12.2 Å². The van der Waals surface area contributed by atoms with E-state index in [0.29, 0.717) is 19.3 Å². The summed E-state index contributed by atoms with van der Waals surface area (Å²) in [5.74, 6) is -0.834.